The fraction of sp³-hybridized carbons (Fsp3) is 0.615. The fourth-order valence-corrected chi connectivity index (χ4v) is 2.16. The predicted octanol–water partition coefficient (Wildman–Crippen LogP) is 1.39. The third kappa shape index (κ3) is 3.34. The van der Waals surface area contributed by atoms with Crippen molar-refractivity contribution in [2.45, 2.75) is 32.5 Å². The van der Waals surface area contributed by atoms with Crippen LogP contribution in [0.5, 0.6) is 0 Å². The van der Waals surface area contributed by atoms with Gasteiger partial charge >= 0.3 is 0 Å². The number of hydrogen-bond donors (Lipinski definition) is 1. The van der Waals surface area contributed by atoms with E-state index in [4.69, 9.17) is 0 Å². The van der Waals surface area contributed by atoms with Gasteiger partial charge < -0.3 is 5.32 Å². The van der Waals surface area contributed by atoms with Gasteiger partial charge in [0.25, 0.3) is 0 Å². The van der Waals surface area contributed by atoms with Gasteiger partial charge in [0.2, 0.25) is 0 Å². The molecular formula is C13H20BN2. The van der Waals surface area contributed by atoms with Gasteiger partial charge in [0.15, 0.2) is 7.28 Å². The van der Waals surface area contributed by atoms with Gasteiger partial charge in [-0.2, -0.15) is 0 Å². The van der Waals surface area contributed by atoms with Gasteiger partial charge in [0.05, 0.1) is 0 Å². The van der Waals surface area contributed by atoms with Crippen molar-refractivity contribution in [3.8, 4) is 0 Å². The van der Waals surface area contributed by atoms with Crippen LogP contribution < -0.4 is 10.8 Å². The first-order valence-corrected chi connectivity index (χ1v) is 6.24. The monoisotopic (exact) mass is 215 g/mol. The van der Waals surface area contributed by atoms with Crippen molar-refractivity contribution in [1.82, 2.24) is 10.3 Å². The van der Waals surface area contributed by atoms with E-state index in [0.717, 1.165) is 19.5 Å². The highest BCUT2D eigenvalue weighted by Gasteiger charge is 2.16. The van der Waals surface area contributed by atoms with Gasteiger partial charge in [-0.15, -0.1) is 0 Å². The van der Waals surface area contributed by atoms with E-state index in [1.165, 1.54) is 17.6 Å². The third-order valence-corrected chi connectivity index (χ3v) is 2.99. The molecular weight excluding hydrogens is 195 g/mol. The lowest BCUT2D eigenvalue weighted by atomic mass is 9.59. The topological polar surface area (TPSA) is 24.9 Å². The van der Waals surface area contributed by atoms with Crippen molar-refractivity contribution < 1.29 is 0 Å². The van der Waals surface area contributed by atoms with Gasteiger partial charge in [-0.25, -0.2) is 0 Å². The van der Waals surface area contributed by atoms with E-state index in [0.29, 0.717) is 11.7 Å². The second-order valence-electron chi connectivity index (χ2n) is 5.10. The molecule has 85 valence electrons. The molecule has 1 aliphatic rings. The molecule has 0 bridgehead atoms. The van der Waals surface area contributed by atoms with Crippen molar-refractivity contribution in [3.05, 3.63) is 24.0 Å². The molecule has 1 radical (unpaired) electrons. The molecule has 2 rings (SSSR count). The normalized spacial score (nSPS) is 20.3. The standard InChI is InChI=1S/C13H20BN2/c1-10(2)7-13-4-3-11(9-16-13)14-12-5-6-15-8-12/h3-4,9-10,12,15H,5-8H2,1-2H3. The van der Waals surface area contributed by atoms with Crippen LogP contribution in [0.2, 0.25) is 5.82 Å². The predicted molar refractivity (Wildman–Crippen MR) is 69.4 cm³/mol. The van der Waals surface area contributed by atoms with E-state index in [2.05, 4.69) is 43.6 Å². The lowest BCUT2D eigenvalue weighted by Crippen LogP contribution is -2.22. The van der Waals surface area contributed by atoms with Crippen LogP contribution in [-0.4, -0.2) is 25.4 Å². The molecule has 2 heterocycles. The van der Waals surface area contributed by atoms with Gasteiger partial charge in [-0.3, -0.25) is 4.98 Å². The average Bonchev–Trinajstić information content (AvgIpc) is 2.73. The quantitative estimate of drug-likeness (QED) is 0.767. The van der Waals surface area contributed by atoms with Crippen LogP contribution in [0.15, 0.2) is 18.3 Å². The van der Waals surface area contributed by atoms with Crippen LogP contribution in [0.25, 0.3) is 0 Å². The fourth-order valence-electron chi connectivity index (χ4n) is 2.16. The molecule has 1 aromatic rings. The van der Waals surface area contributed by atoms with Crippen LogP contribution >= 0.6 is 0 Å². The first kappa shape index (κ1) is 11.7. The molecule has 0 amide bonds. The molecule has 1 fully saturated rings. The van der Waals surface area contributed by atoms with E-state index < -0.39 is 0 Å². The maximum absolute atomic E-state index is 4.51. The minimum atomic E-state index is 0.682. The van der Waals surface area contributed by atoms with E-state index in [9.17, 15) is 0 Å². The van der Waals surface area contributed by atoms with Crippen LogP contribution in [-0.2, 0) is 6.42 Å². The molecule has 0 aromatic carbocycles. The highest BCUT2D eigenvalue weighted by atomic mass is 14.9. The molecule has 0 spiro atoms. The summed E-state index contributed by atoms with van der Waals surface area (Å²) in [6.45, 7) is 6.73. The van der Waals surface area contributed by atoms with Crippen LogP contribution in [0.1, 0.15) is 26.0 Å². The zero-order valence-electron chi connectivity index (χ0n) is 10.2. The molecule has 3 heteroatoms. The number of aromatic nitrogens is 1. The minimum Gasteiger partial charge on any atom is -0.317 e. The molecule has 0 saturated carbocycles. The molecule has 1 aliphatic heterocycles. The minimum absolute atomic E-state index is 0.682. The Morgan fingerprint density at radius 2 is 2.38 bits per heavy atom. The number of nitrogens with one attached hydrogen (secondary N) is 1. The highest BCUT2D eigenvalue weighted by molar-refractivity contribution is 6.55. The summed E-state index contributed by atoms with van der Waals surface area (Å²) >= 11 is 0. The van der Waals surface area contributed by atoms with Crippen LogP contribution in [0.4, 0.5) is 0 Å². The number of pyridine rings is 1. The molecule has 1 N–H and O–H groups in total. The maximum Gasteiger partial charge on any atom is 0.158 e. The molecule has 1 atom stereocenters. The third-order valence-electron chi connectivity index (χ3n) is 2.99. The van der Waals surface area contributed by atoms with Crippen molar-refractivity contribution in [2.24, 2.45) is 5.92 Å². The van der Waals surface area contributed by atoms with E-state index in [1.807, 2.05) is 6.20 Å². The lowest BCUT2D eigenvalue weighted by molar-refractivity contribution is 0.635. The molecule has 0 aliphatic carbocycles. The van der Waals surface area contributed by atoms with Gasteiger partial charge in [0.1, 0.15) is 0 Å². The molecule has 1 saturated heterocycles. The molecule has 16 heavy (non-hydrogen) atoms. The number of rotatable bonds is 4. The Morgan fingerprint density at radius 1 is 1.50 bits per heavy atom. The van der Waals surface area contributed by atoms with Crippen LogP contribution in [0, 0.1) is 5.92 Å². The second-order valence-corrected chi connectivity index (χ2v) is 5.10. The zero-order valence-corrected chi connectivity index (χ0v) is 10.2. The summed E-state index contributed by atoms with van der Waals surface area (Å²) in [5.41, 5.74) is 2.47. The molecule has 1 unspecified atom stereocenters. The summed E-state index contributed by atoms with van der Waals surface area (Å²) in [7, 11) is 2.34. The Labute approximate surface area is 99.1 Å². The SMILES string of the molecule is CC(C)Cc1ccc([B]C2CCNC2)cn1. The summed E-state index contributed by atoms with van der Waals surface area (Å²) in [5, 5.41) is 3.38. The zero-order chi connectivity index (χ0) is 11.4. The number of nitrogens with zero attached hydrogens (tertiary/aromatic N) is 1. The summed E-state index contributed by atoms with van der Waals surface area (Å²) in [5.74, 6) is 1.37. The Hall–Kier alpha value is -0.825. The van der Waals surface area contributed by atoms with Crippen molar-refractivity contribution >= 4 is 12.7 Å². The van der Waals surface area contributed by atoms with Gasteiger partial charge in [-0.1, -0.05) is 25.4 Å². The first-order valence-electron chi connectivity index (χ1n) is 6.24. The summed E-state index contributed by atoms with van der Waals surface area (Å²) in [6, 6.07) is 4.36. The highest BCUT2D eigenvalue weighted by Crippen LogP contribution is 2.12. The van der Waals surface area contributed by atoms with Gasteiger partial charge in [-0.05, 0) is 43.7 Å². The summed E-state index contributed by atoms with van der Waals surface area (Å²) in [6.07, 6.45) is 4.34. The Bertz CT molecular complexity index is 315. The Kier molecular flexibility index (Phi) is 4.00. The average molecular weight is 215 g/mol. The van der Waals surface area contributed by atoms with Gasteiger partial charge in [0, 0.05) is 11.9 Å². The first-order chi connectivity index (χ1) is 7.74. The smallest absolute Gasteiger partial charge is 0.158 e. The Morgan fingerprint density at radius 3 is 2.94 bits per heavy atom. The second kappa shape index (κ2) is 5.49. The Balaban J connectivity index is 1.90. The molecule has 1 aromatic heterocycles. The van der Waals surface area contributed by atoms with E-state index in [-0.39, 0.29) is 0 Å². The molecule has 2 nitrogen and oxygen atoms in total. The van der Waals surface area contributed by atoms with E-state index in [1.54, 1.807) is 0 Å². The number of hydrogen-bond acceptors (Lipinski definition) is 2. The maximum atomic E-state index is 4.51. The summed E-state index contributed by atoms with van der Waals surface area (Å²) in [4.78, 5) is 4.51. The van der Waals surface area contributed by atoms with E-state index >= 15 is 0 Å². The van der Waals surface area contributed by atoms with Crippen molar-refractivity contribution in [3.63, 3.8) is 0 Å². The largest absolute Gasteiger partial charge is 0.317 e. The summed E-state index contributed by atoms with van der Waals surface area (Å²) < 4.78 is 0. The van der Waals surface area contributed by atoms with Crippen LogP contribution in [0.3, 0.4) is 0 Å². The lowest BCUT2D eigenvalue weighted by Gasteiger charge is -2.08. The van der Waals surface area contributed by atoms with Crippen molar-refractivity contribution in [2.75, 3.05) is 13.1 Å². The van der Waals surface area contributed by atoms with Crippen molar-refractivity contribution in [1.29, 1.82) is 0 Å².